The molecule has 0 unspecified atom stereocenters. The number of hydrogen-bond donors (Lipinski definition) is 1. The van der Waals surface area contributed by atoms with Gasteiger partial charge >= 0.3 is 5.97 Å². The number of amides is 1. The predicted molar refractivity (Wildman–Crippen MR) is 92.1 cm³/mol. The molecule has 24 heavy (non-hydrogen) atoms. The fraction of sp³-hybridized carbons (Fsp3) is 0.235. The molecule has 0 saturated heterocycles. The van der Waals surface area contributed by atoms with Crippen LogP contribution in [0.2, 0.25) is 10.0 Å². The first-order valence-electron chi connectivity index (χ1n) is 7.25. The Hall–Kier alpha value is -2.11. The van der Waals surface area contributed by atoms with Crippen LogP contribution in [-0.2, 0) is 9.53 Å². The topological polar surface area (TPSA) is 68.3 Å². The Labute approximate surface area is 149 Å². The van der Waals surface area contributed by atoms with Gasteiger partial charge in [0.05, 0.1) is 11.6 Å². The molecule has 0 fully saturated rings. The van der Waals surface area contributed by atoms with Crippen LogP contribution in [0.5, 0.6) is 0 Å². The minimum absolute atomic E-state index is 0.283. The summed E-state index contributed by atoms with van der Waals surface area (Å²) >= 11 is 12.0. The monoisotopic (exact) mass is 366 g/mol. The highest BCUT2D eigenvalue weighted by Gasteiger charge is 2.21. The standard InChI is InChI=1S/C17H16Cl2N2O3/c1-10(14-6-5-13(18)8-15(14)19)21-16(22)11(2)24-17(23)12-4-3-7-20-9-12/h3-11H,1-2H3,(H,21,22)/t10-,11+/m1/s1. The van der Waals surface area contributed by atoms with E-state index in [0.29, 0.717) is 10.0 Å². The number of ether oxygens (including phenoxy) is 1. The lowest BCUT2D eigenvalue weighted by Crippen LogP contribution is -2.37. The van der Waals surface area contributed by atoms with Crippen molar-refractivity contribution in [2.75, 3.05) is 0 Å². The lowest BCUT2D eigenvalue weighted by Gasteiger charge is -2.19. The summed E-state index contributed by atoms with van der Waals surface area (Å²) in [5.41, 5.74) is 1.01. The molecule has 1 heterocycles. The molecule has 2 rings (SSSR count). The number of carbonyl (C=O) groups excluding carboxylic acids is 2. The van der Waals surface area contributed by atoms with Gasteiger partial charge < -0.3 is 10.1 Å². The molecule has 5 nitrogen and oxygen atoms in total. The lowest BCUT2D eigenvalue weighted by molar-refractivity contribution is -0.129. The Bertz CT molecular complexity index is 738. The van der Waals surface area contributed by atoms with Crippen LogP contribution in [0.4, 0.5) is 0 Å². The van der Waals surface area contributed by atoms with Crippen LogP contribution in [0.1, 0.15) is 35.8 Å². The first-order valence-corrected chi connectivity index (χ1v) is 8.00. The summed E-state index contributed by atoms with van der Waals surface area (Å²) < 4.78 is 5.14. The van der Waals surface area contributed by atoms with Crippen molar-refractivity contribution in [3.63, 3.8) is 0 Å². The number of benzene rings is 1. The minimum Gasteiger partial charge on any atom is -0.449 e. The van der Waals surface area contributed by atoms with Crippen molar-refractivity contribution in [3.8, 4) is 0 Å². The van der Waals surface area contributed by atoms with Gasteiger partial charge in [-0.15, -0.1) is 0 Å². The van der Waals surface area contributed by atoms with E-state index in [9.17, 15) is 9.59 Å². The minimum atomic E-state index is -0.953. The summed E-state index contributed by atoms with van der Waals surface area (Å²) in [4.78, 5) is 28.0. The Morgan fingerprint density at radius 1 is 1.21 bits per heavy atom. The zero-order valence-corrected chi connectivity index (χ0v) is 14.6. The largest absolute Gasteiger partial charge is 0.449 e. The third kappa shape index (κ3) is 4.69. The fourth-order valence-electron chi connectivity index (χ4n) is 2.03. The molecule has 0 aliphatic rings. The lowest BCUT2D eigenvalue weighted by atomic mass is 10.1. The van der Waals surface area contributed by atoms with Crippen LogP contribution in [0.25, 0.3) is 0 Å². The molecule has 0 spiro atoms. The number of pyridine rings is 1. The molecule has 0 aliphatic heterocycles. The van der Waals surface area contributed by atoms with E-state index in [4.69, 9.17) is 27.9 Å². The van der Waals surface area contributed by atoms with E-state index in [1.165, 1.54) is 13.1 Å². The van der Waals surface area contributed by atoms with Crippen LogP contribution < -0.4 is 5.32 Å². The van der Waals surface area contributed by atoms with Crippen molar-refractivity contribution in [2.24, 2.45) is 0 Å². The number of rotatable bonds is 5. The molecule has 2 aromatic rings. The molecule has 1 N–H and O–H groups in total. The van der Waals surface area contributed by atoms with Gasteiger partial charge in [-0.3, -0.25) is 9.78 Å². The number of hydrogen-bond acceptors (Lipinski definition) is 4. The Balaban J connectivity index is 1.97. The van der Waals surface area contributed by atoms with Crippen molar-refractivity contribution in [1.82, 2.24) is 10.3 Å². The molecular weight excluding hydrogens is 351 g/mol. The maximum atomic E-state index is 12.2. The van der Waals surface area contributed by atoms with E-state index in [1.54, 1.807) is 43.5 Å². The van der Waals surface area contributed by atoms with Gasteiger partial charge in [0, 0.05) is 22.4 Å². The van der Waals surface area contributed by atoms with E-state index in [2.05, 4.69) is 10.3 Å². The van der Waals surface area contributed by atoms with Gasteiger partial charge in [0.15, 0.2) is 6.10 Å². The number of esters is 1. The SMILES string of the molecule is C[C@H](OC(=O)c1cccnc1)C(=O)N[C@H](C)c1ccc(Cl)cc1Cl. The van der Waals surface area contributed by atoms with Gasteiger partial charge in [-0.25, -0.2) is 4.79 Å². The van der Waals surface area contributed by atoms with E-state index < -0.39 is 18.0 Å². The van der Waals surface area contributed by atoms with Gasteiger partial charge in [-0.1, -0.05) is 29.3 Å². The zero-order chi connectivity index (χ0) is 17.7. The molecule has 7 heteroatoms. The van der Waals surface area contributed by atoms with Crippen LogP contribution in [0.3, 0.4) is 0 Å². The molecule has 1 amide bonds. The zero-order valence-electron chi connectivity index (χ0n) is 13.1. The Kier molecular flexibility index (Phi) is 6.17. The van der Waals surface area contributed by atoms with Crippen molar-refractivity contribution in [2.45, 2.75) is 26.0 Å². The molecule has 0 radical (unpaired) electrons. The third-order valence-corrected chi connectivity index (χ3v) is 3.90. The normalized spacial score (nSPS) is 13.0. The molecule has 1 aromatic heterocycles. The maximum absolute atomic E-state index is 12.2. The molecule has 0 aliphatic carbocycles. The summed E-state index contributed by atoms with van der Waals surface area (Å²) in [5, 5.41) is 3.72. The molecular formula is C17H16Cl2N2O3. The predicted octanol–water partition coefficient (Wildman–Crippen LogP) is 3.81. The van der Waals surface area contributed by atoms with Gasteiger partial charge in [0.2, 0.25) is 0 Å². The van der Waals surface area contributed by atoms with Crippen LogP contribution in [0.15, 0.2) is 42.7 Å². The molecule has 126 valence electrons. The number of nitrogens with one attached hydrogen (secondary N) is 1. The van der Waals surface area contributed by atoms with E-state index >= 15 is 0 Å². The van der Waals surface area contributed by atoms with Crippen LogP contribution in [-0.4, -0.2) is 23.0 Å². The van der Waals surface area contributed by atoms with Gasteiger partial charge in [0.1, 0.15) is 0 Å². The van der Waals surface area contributed by atoms with Crippen LogP contribution in [0, 0.1) is 0 Å². The van der Waals surface area contributed by atoms with Gasteiger partial charge in [-0.2, -0.15) is 0 Å². The number of carbonyl (C=O) groups is 2. The van der Waals surface area contributed by atoms with E-state index in [1.807, 2.05) is 0 Å². The Morgan fingerprint density at radius 2 is 1.96 bits per heavy atom. The first-order chi connectivity index (χ1) is 11.4. The number of nitrogens with zero attached hydrogens (tertiary/aromatic N) is 1. The summed E-state index contributed by atoms with van der Waals surface area (Å²) in [6.45, 7) is 3.28. The average Bonchev–Trinajstić information content (AvgIpc) is 2.55. The molecule has 2 atom stereocenters. The summed E-state index contributed by atoms with van der Waals surface area (Å²) in [6.07, 6.45) is 1.97. The van der Waals surface area contributed by atoms with Crippen molar-refractivity contribution < 1.29 is 14.3 Å². The first kappa shape index (κ1) is 18.2. The second-order valence-electron chi connectivity index (χ2n) is 5.19. The van der Waals surface area contributed by atoms with Gasteiger partial charge in [0.25, 0.3) is 5.91 Å². The quantitative estimate of drug-likeness (QED) is 0.816. The van der Waals surface area contributed by atoms with Crippen LogP contribution >= 0.6 is 23.2 Å². The summed E-state index contributed by atoms with van der Waals surface area (Å²) in [5.74, 6) is -1.03. The highest BCUT2D eigenvalue weighted by atomic mass is 35.5. The highest BCUT2D eigenvalue weighted by Crippen LogP contribution is 2.26. The van der Waals surface area contributed by atoms with E-state index in [-0.39, 0.29) is 11.6 Å². The summed E-state index contributed by atoms with van der Waals surface area (Å²) in [6, 6.07) is 7.86. The highest BCUT2D eigenvalue weighted by molar-refractivity contribution is 6.35. The number of aromatic nitrogens is 1. The smallest absolute Gasteiger partial charge is 0.340 e. The van der Waals surface area contributed by atoms with E-state index in [0.717, 1.165) is 5.56 Å². The van der Waals surface area contributed by atoms with Crippen molar-refractivity contribution in [3.05, 3.63) is 63.9 Å². The molecule has 0 bridgehead atoms. The van der Waals surface area contributed by atoms with Crippen molar-refractivity contribution in [1.29, 1.82) is 0 Å². The van der Waals surface area contributed by atoms with Crippen molar-refractivity contribution >= 4 is 35.1 Å². The maximum Gasteiger partial charge on any atom is 0.340 e. The third-order valence-electron chi connectivity index (χ3n) is 3.34. The Morgan fingerprint density at radius 3 is 2.58 bits per heavy atom. The second kappa shape index (κ2) is 8.13. The average molecular weight is 367 g/mol. The number of halogens is 2. The fourth-order valence-corrected chi connectivity index (χ4v) is 2.60. The second-order valence-corrected chi connectivity index (χ2v) is 6.03. The summed E-state index contributed by atoms with van der Waals surface area (Å²) in [7, 11) is 0. The molecule has 0 saturated carbocycles. The molecule has 1 aromatic carbocycles. The van der Waals surface area contributed by atoms with Gasteiger partial charge in [-0.05, 0) is 43.7 Å².